The Balaban J connectivity index is 1.95. The fourth-order valence-corrected chi connectivity index (χ4v) is 3.93. The predicted molar refractivity (Wildman–Crippen MR) is 113 cm³/mol. The molecule has 7 nitrogen and oxygen atoms in total. The lowest BCUT2D eigenvalue weighted by molar-refractivity contribution is 0.0116. The molecule has 1 aromatic heterocycles. The summed E-state index contributed by atoms with van der Waals surface area (Å²) in [7, 11) is 0. The highest BCUT2D eigenvalue weighted by atomic mass is 32.2. The van der Waals surface area contributed by atoms with Crippen molar-refractivity contribution >= 4 is 17.7 Å². The molecule has 0 spiro atoms. The van der Waals surface area contributed by atoms with E-state index in [1.54, 1.807) is 23.3 Å². The molecule has 1 unspecified atom stereocenters. The Morgan fingerprint density at radius 2 is 2.28 bits per heavy atom. The van der Waals surface area contributed by atoms with Crippen LogP contribution in [0.2, 0.25) is 0 Å². The molecule has 0 saturated heterocycles. The molecule has 0 aromatic carbocycles. The van der Waals surface area contributed by atoms with Gasteiger partial charge in [0.1, 0.15) is 18.5 Å². The number of ether oxygens (including phenoxy) is 3. The SMILES string of the molecule is CCOC(=O)c1nc2n(c(=O)c1OCC1=CC=C[C@@H](C)C1)CCOC2CCSC. The zero-order chi connectivity index (χ0) is 20.8. The summed E-state index contributed by atoms with van der Waals surface area (Å²) in [6.07, 6.45) is 9.36. The summed E-state index contributed by atoms with van der Waals surface area (Å²) in [5, 5.41) is 0. The highest BCUT2D eigenvalue weighted by Crippen LogP contribution is 2.27. The van der Waals surface area contributed by atoms with Crippen molar-refractivity contribution in [3.05, 3.63) is 45.7 Å². The lowest BCUT2D eigenvalue weighted by Crippen LogP contribution is -2.36. The Morgan fingerprint density at radius 1 is 1.45 bits per heavy atom. The number of aromatic nitrogens is 2. The van der Waals surface area contributed by atoms with Crippen molar-refractivity contribution in [1.82, 2.24) is 9.55 Å². The lowest BCUT2D eigenvalue weighted by atomic mass is 9.97. The molecule has 1 aliphatic carbocycles. The minimum Gasteiger partial charge on any atom is -0.482 e. The minimum absolute atomic E-state index is 0.0409. The van der Waals surface area contributed by atoms with E-state index in [0.29, 0.717) is 31.3 Å². The third kappa shape index (κ3) is 5.11. The van der Waals surface area contributed by atoms with Crippen LogP contribution in [-0.2, 0) is 16.0 Å². The van der Waals surface area contributed by atoms with E-state index in [0.717, 1.165) is 17.7 Å². The number of rotatable bonds is 8. The quantitative estimate of drug-likeness (QED) is 0.598. The van der Waals surface area contributed by atoms with E-state index in [4.69, 9.17) is 14.2 Å². The zero-order valence-electron chi connectivity index (χ0n) is 17.2. The number of esters is 1. The average Bonchev–Trinajstić information content (AvgIpc) is 2.71. The van der Waals surface area contributed by atoms with Gasteiger partial charge in [0.2, 0.25) is 5.75 Å². The fraction of sp³-hybridized carbons (Fsp3) is 0.571. The van der Waals surface area contributed by atoms with Gasteiger partial charge in [-0.3, -0.25) is 9.36 Å². The maximum atomic E-state index is 13.2. The number of hydrogen-bond acceptors (Lipinski definition) is 7. The van der Waals surface area contributed by atoms with Gasteiger partial charge in [0.15, 0.2) is 5.69 Å². The Hall–Kier alpha value is -2.06. The van der Waals surface area contributed by atoms with Gasteiger partial charge in [0.05, 0.1) is 19.8 Å². The number of carbonyl (C=O) groups excluding carboxylic acids is 1. The molecule has 0 fully saturated rings. The third-order valence-electron chi connectivity index (χ3n) is 4.89. The van der Waals surface area contributed by atoms with Crippen LogP contribution < -0.4 is 10.3 Å². The second-order valence-electron chi connectivity index (χ2n) is 7.15. The van der Waals surface area contributed by atoms with Crippen molar-refractivity contribution in [2.75, 3.05) is 31.8 Å². The van der Waals surface area contributed by atoms with Gasteiger partial charge in [0, 0.05) is 0 Å². The summed E-state index contributed by atoms with van der Waals surface area (Å²) >= 11 is 1.70. The summed E-state index contributed by atoms with van der Waals surface area (Å²) in [5.74, 6) is 1.07. The Kier molecular flexibility index (Phi) is 7.55. The first-order valence-electron chi connectivity index (χ1n) is 9.96. The van der Waals surface area contributed by atoms with E-state index in [-0.39, 0.29) is 36.3 Å². The number of fused-ring (bicyclic) bond motifs is 1. The van der Waals surface area contributed by atoms with E-state index in [1.165, 1.54) is 0 Å². The van der Waals surface area contributed by atoms with E-state index >= 15 is 0 Å². The highest BCUT2D eigenvalue weighted by Gasteiger charge is 2.30. The van der Waals surface area contributed by atoms with E-state index < -0.39 is 5.97 Å². The van der Waals surface area contributed by atoms with Crippen molar-refractivity contribution in [1.29, 1.82) is 0 Å². The number of hydrogen-bond donors (Lipinski definition) is 0. The molecule has 0 radical (unpaired) electrons. The van der Waals surface area contributed by atoms with Crippen LogP contribution in [0.4, 0.5) is 0 Å². The standard InChI is InChI=1S/C21H28N2O5S/c1-4-26-21(25)17-18(28-13-15-7-5-6-14(2)12-15)20(24)23-9-10-27-16(8-11-29-3)19(23)22-17/h5-7,14,16H,4,8-13H2,1-3H3/t14-,16?/m1/s1. The predicted octanol–water partition coefficient (Wildman–Crippen LogP) is 3.15. The fourth-order valence-electron chi connectivity index (χ4n) is 3.48. The number of allylic oxidation sites excluding steroid dienone is 3. The van der Waals surface area contributed by atoms with Crippen molar-refractivity contribution in [2.24, 2.45) is 5.92 Å². The maximum Gasteiger partial charge on any atom is 0.361 e. The molecule has 0 bridgehead atoms. The first kappa shape index (κ1) is 21.6. The largest absolute Gasteiger partial charge is 0.482 e. The molecule has 0 N–H and O–H groups in total. The smallest absolute Gasteiger partial charge is 0.361 e. The minimum atomic E-state index is -0.650. The first-order chi connectivity index (χ1) is 14.0. The van der Waals surface area contributed by atoms with Crippen LogP contribution in [0.15, 0.2) is 28.6 Å². The number of thioether (sulfide) groups is 1. The van der Waals surface area contributed by atoms with Crippen LogP contribution in [0.3, 0.4) is 0 Å². The van der Waals surface area contributed by atoms with Crippen molar-refractivity contribution in [3.8, 4) is 5.75 Å². The molecule has 3 rings (SSSR count). The van der Waals surface area contributed by atoms with Crippen LogP contribution in [0, 0.1) is 5.92 Å². The van der Waals surface area contributed by atoms with E-state index in [2.05, 4.69) is 18.0 Å². The van der Waals surface area contributed by atoms with Gasteiger partial charge in [-0.25, -0.2) is 9.78 Å². The van der Waals surface area contributed by atoms with Crippen LogP contribution in [0.25, 0.3) is 0 Å². The van der Waals surface area contributed by atoms with Crippen LogP contribution in [0.5, 0.6) is 5.75 Å². The average molecular weight is 421 g/mol. The molecule has 0 saturated carbocycles. The summed E-state index contributed by atoms with van der Waals surface area (Å²) in [6, 6.07) is 0. The van der Waals surface area contributed by atoms with E-state index in [1.807, 2.05) is 18.4 Å². The highest BCUT2D eigenvalue weighted by molar-refractivity contribution is 7.98. The summed E-state index contributed by atoms with van der Waals surface area (Å²) in [5.41, 5.74) is 0.649. The van der Waals surface area contributed by atoms with Gasteiger partial charge in [-0.2, -0.15) is 11.8 Å². The maximum absolute atomic E-state index is 13.2. The van der Waals surface area contributed by atoms with Gasteiger partial charge in [-0.15, -0.1) is 0 Å². The monoisotopic (exact) mass is 420 g/mol. The second kappa shape index (κ2) is 10.1. The lowest BCUT2D eigenvalue weighted by Gasteiger charge is -2.27. The number of nitrogens with zero attached hydrogens (tertiary/aromatic N) is 2. The third-order valence-corrected chi connectivity index (χ3v) is 5.53. The van der Waals surface area contributed by atoms with Crippen molar-refractivity contribution in [3.63, 3.8) is 0 Å². The van der Waals surface area contributed by atoms with Crippen molar-refractivity contribution in [2.45, 2.75) is 39.3 Å². The Morgan fingerprint density at radius 3 is 3.00 bits per heavy atom. The molecule has 2 aliphatic rings. The second-order valence-corrected chi connectivity index (χ2v) is 8.13. The number of carbonyl (C=O) groups is 1. The summed E-state index contributed by atoms with van der Waals surface area (Å²) < 4.78 is 18.4. The Labute approximate surface area is 175 Å². The molecule has 8 heteroatoms. The van der Waals surface area contributed by atoms with Gasteiger partial charge in [0.25, 0.3) is 5.56 Å². The molecule has 0 amide bonds. The Bertz CT molecular complexity index is 861. The molecule has 1 aromatic rings. The molecular weight excluding hydrogens is 392 g/mol. The van der Waals surface area contributed by atoms with Gasteiger partial charge < -0.3 is 14.2 Å². The van der Waals surface area contributed by atoms with E-state index in [9.17, 15) is 9.59 Å². The van der Waals surface area contributed by atoms with Gasteiger partial charge in [-0.05, 0) is 43.3 Å². The summed E-state index contributed by atoms with van der Waals surface area (Å²) in [4.78, 5) is 30.2. The molecule has 1 aliphatic heterocycles. The normalized spacial score (nSPS) is 20.7. The van der Waals surface area contributed by atoms with Crippen LogP contribution >= 0.6 is 11.8 Å². The molecule has 2 atom stereocenters. The van der Waals surface area contributed by atoms with Gasteiger partial charge in [-0.1, -0.05) is 25.2 Å². The molecular formula is C21H28N2O5S. The molecule has 29 heavy (non-hydrogen) atoms. The summed E-state index contributed by atoms with van der Waals surface area (Å²) in [6.45, 7) is 5.09. The molecule has 2 heterocycles. The van der Waals surface area contributed by atoms with Crippen molar-refractivity contribution < 1.29 is 19.0 Å². The van der Waals surface area contributed by atoms with Gasteiger partial charge >= 0.3 is 5.97 Å². The first-order valence-corrected chi connectivity index (χ1v) is 11.4. The van der Waals surface area contributed by atoms with Crippen LogP contribution in [0.1, 0.15) is 49.1 Å². The molecule has 158 valence electrons. The zero-order valence-corrected chi connectivity index (χ0v) is 18.0. The topological polar surface area (TPSA) is 79.7 Å². The van der Waals surface area contributed by atoms with Crippen LogP contribution in [-0.4, -0.2) is 47.3 Å².